The molecule has 2 aromatic rings. The van der Waals surface area contributed by atoms with Crippen molar-refractivity contribution in [2.24, 2.45) is 0 Å². The van der Waals surface area contributed by atoms with Gasteiger partial charge < -0.3 is 14.3 Å². The van der Waals surface area contributed by atoms with Crippen LogP contribution in [0.1, 0.15) is 33.0 Å². The van der Waals surface area contributed by atoms with Gasteiger partial charge >= 0.3 is 0 Å². The van der Waals surface area contributed by atoms with Crippen molar-refractivity contribution >= 4 is 21.8 Å². The first-order valence-corrected chi connectivity index (χ1v) is 10.8. The van der Waals surface area contributed by atoms with E-state index in [1.807, 2.05) is 6.07 Å². The maximum atomic E-state index is 12.7. The fraction of sp³-hybridized carbons (Fsp3) is 0.368. The third kappa shape index (κ3) is 4.84. The summed E-state index contributed by atoms with van der Waals surface area (Å²) in [6.07, 6.45) is 0.0698. The Hall–Kier alpha value is -3.23. The lowest BCUT2D eigenvalue weighted by atomic mass is 10.2. The zero-order valence-electron chi connectivity index (χ0n) is 16.4. The third-order valence-corrected chi connectivity index (χ3v) is 6.11. The Morgan fingerprint density at radius 2 is 1.73 bits per heavy atom. The highest BCUT2D eigenvalue weighted by Gasteiger charge is 2.27. The molecule has 11 heteroatoms. The number of amides is 2. The summed E-state index contributed by atoms with van der Waals surface area (Å²) in [4.78, 5) is 28.3. The minimum atomic E-state index is -3.73. The first-order valence-electron chi connectivity index (χ1n) is 9.30. The molecule has 10 nitrogen and oxygen atoms in total. The van der Waals surface area contributed by atoms with Crippen LogP contribution < -0.4 is 4.72 Å². The summed E-state index contributed by atoms with van der Waals surface area (Å²) in [5.41, 5.74) is 0.981. The number of benzene rings is 1. The first kappa shape index (κ1) is 21.5. The predicted molar refractivity (Wildman–Crippen MR) is 105 cm³/mol. The standard InChI is InChI=1S/C19H21N5O5S/c1-14-13-17(29-22-14)19(26)24-11-9-23(10-12-24)18(25)15-3-5-16(6-4-15)30(27,28)21-8-2-7-20/h3-6,13,21H,2,8-12H2,1H3. The van der Waals surface area contributed by atoms with Gasteiger partial charge in [-0.1, -0.05) is 5.16 Å². The van der Waals surface area contributed by atoms with Crippen LogP contribution in [0.3, 0.4) is 0 Å². The average Bonchev–Trinajstić information content (AvgIpc) is 3.19. The van der Waals surface area contributed by atoms with Crippen molar-refractivity contribution < 1.29 is 22.5 Å². The van der Waals surface area contributed by atoms with Crippen molar-refractivity contribution in [1.29, 1.82) is 5.26 Å². The topological polar surface area (TPSA) is 137 Å². The van der Waals surface area contributed by atoms with E-state index >= 15 is 0 Å². The summed E-state index contributed by atoms with van der Waals surface area (Å²) in [6.45, 7) is 3.19. The van der Waals surface area contributed by atoms with Crippen molar-refractivity contribution in [2.45, 2.75) is 18.2 Å². The monoisotopic (exact) mass is 431 g/mol. The quantitative estimate of drug-likeness (QED) is 0.667. The van der Waals surface area contributed by atoms with Crippen LogP contribution in [0.2, 0.25) is 0 Å². The Morgan fingerprint density at radius 3 is 2.27 bits per heavy atom. The summed E-state index contributed by atoms with van der Waals surface area (Å²) in [5, 5.41) is 12.2. The molecule has 30 heavy (non-hydrogen) atoms. The predicted octanol–water partition coefficient (Wildman–Crippen LogP) is 0.773. The zero-order chi connectivity index (χ0) is 21.7. The molecular weight excluding hydrogens is 410 g/mol. The number of hydrogen-bond donors (Lipinski definition) is 1. The van der Waals surface area contributed by atoms with Gasteiger partial charge in [0.05, 0.1) is 16.7 Å². The van der Waals surface area contributed by atoms with Crippen LogP contribution >= 0.6 is 0 Å². The molecule has 1 aliphatic heterocycles. The highest BCUT2D eigenvalue weighted by Crippen LogP contribution is 2.15. The van der Waals surface area contributed by atoms with Gasteiger partial charge in [0.25, 0.3) is 11.8 Å². The van der Waals surface area contributed by atoms with Gasteiger partial charge in [-0.05, 0) is 31.2 Å². The number of piperazine rings is 1. The maximum Gasteiger partial charge on any atom is 0.292 e. The summed E-state index contributed by atoms with van der Waals surface area (Å²) >= 11 is 0. The number of carbonyl (C=O) groups is 2. The minimum Gasteiger partial charge on any atom is -0.351 e. The highest BCUT2D eigenvalue weighted by molar-refractivity contribution is 7.89. The zero-order valence-corrected chi connectivity index (χ0v) is 17.2. The fourth-order valence-electron chi connectivity index (χ4n) is 3.02. The molecule has 0 radical (unpaired) electrons. The van der Waals surface area contributed by atoms with Crippen LogP contribution in [0, 0.1) is 18.3 Å². The molecule has 0 atom stereocenters. The van der Waals surface area contributed by atoms with Crippen LogP contribution in [0.4, 0.5) is 0 Å². The lowest BCUT2D eigenvalue weighted by Gasteiger charge is -2.34. The van der Waals surface area contributed by atoms with Crippen molar-refractivity contribution in [3.63, 3.8) is 0 Å². The van der Waals surface area contributed by atoms with Gasteiger partial charge in [0.2, 0.25) is 15.8 Å². The van der Waals surface area contributed by atoms with E-state index in [1.54, 1.807) is 22.8 Å². The third-order valence-electron chi connectivity index (χ3n) is 4.63. The number of aromatic nitrogens is 1. The second-order valence-corrected chi connectivity index (χ2v) is 8.51. The smallest absolute Gasteiger partial charge is 0.292 e. The molecule has 2 amide bonds. The SMILES string of the molecule is Cc1cc(C(=O)N2CCN(C(=O)c3ccc(S(=O)(=O)NCCC#N)cc3)CC2)on1. The molecule has 1 aliphatic rings. The maximum absolute atomic E-state index is 12.7. The molecule has 0 bridgehead atoms. The van der Waals surface area contributed by atoms with Crippen molar-refractivity contribution in [2.75, 3.05) is 32.7 Å². The Balaban J connectivity index is 1.58. The van der Waals surface area contributed by atoms with Gasteiger partial charge in [-0.15, -0.1) is 0 Å². The first-order chi connectivity index (χ1) is 14.3. The van der Waals surface area contributed by atoms with E-state index in [0.717, 1.165) is 0 Å². The molecule has 1 aromatic carbocycles. The molecule has 3 rings (SSSR count). The Morgan fingerprint density at radius 1 is 1.13 bits per heavy atom. The van der Waals surface area contributed by atoms with Gasteiger partial charge in [0, 0.05) is 50.8 Å². The van der Waals surface area contributed by atoms with Crippen molar-refractivity contribution in [3.8, 4) is 6.07 Å². The van der Waals surface area contributed by atoms with Gasteiger partial charge in [0.15, 0.2) is 0 Å². The molecule has 0 unspecified atom stereocenters. The molecule has 0 aliphatic carbocycles. The van der Waals surface area contributed by atoms with Gasteiger partial charge in [-0.2, -0.15) is 5.26 Å². The summed E-state index contributed by atoms with van der Waals surface area (Å²) < 4.78 is 31.6. The number of nitrogens with zero attached hydrogens (tertiary/aromatic N) is 4. The van der Waals surface area contributed by atoms with Crippen LogP contribution in [0.15, 0.2) is 39.8 Å². The van der Waals surface area contributed by atoms with Crippen LogP contribution in [0.25, 0.3) is 0 Å². The summed E-state index contributed by atoms with van der Waals surface area (Å²) in [7, 11) is -3.73. The lowest BCUT2D eigenvalue weighted by molar-refractivity contribution is 0.0512. The molecule has 0 saturated carbocycles. The summed E-state index contributed by atoms with van der Waals surface area (Å²) in [6, 6.07) is 9.06. The molecule has 2 heterocycles. The highest BCUT2D eigenvalue weighted by atomic mass is 32.2. The Kier molecular flexibility index (Phi) is 6.49. The van der Waals surface area contributed by atoms with Crippen molar-refractivity contribution in [3.05, 3.63) is 47.3 Å². The largest absolute Gasteiger partial charge is 0.351 e. The molecule has 158 valence electrons. The molecule has 1 N–H and O–H groups in total. The molecule has 0 spiro atoms. The fourth-order valence-corrected chi connectivity index (χ4v) is 4.05. The van der Waals surface area contributed by atoms with E-state index in [0.29, 0.717) is 37.4 Å². The molecular formula is C19H21N5O5S. The number of hydrogen-bond acceptors (Lipinski definition) is 7. The normalized spacial score (nSPS) is 14.4. The Bertz CT molecular complexity index is 1060. The van der Waals surface area contributed by atoms with Crippen LogP contribution in [0.5, 0.6) is 0 Å². The number of sulfonamides is 1. The van der Waals surface area contributed by atoms with E-state index < -0.39 is 10.0 Å². The van der Waals surface area contributed by atoms with E-state index in [4.69, 9.17) is 9.78 Å². The average molecular weight is 431 g/mol. The number of nitriles is 1. The molecule has 1 saturated heterocycles. The summed E-state index contributed by atoms with van der Waals surface area (Å²) in [5.74, 6) is -0.326. The number of nitrogens with one attached hydrogen (secondary N) is 1. The van der Waals surface area contributed by atoms with E-state index in [1.165, 1.54) is 24.3 Å². The van der Waals surface area contributed by atoms with Gasteiger partial charge in [-0.25, -0.2) is 13.1 Å². The van der Waals surface area contributed by atoms with E-state index in [-0.39, 0.29) is 35.4 Å². The lowest BCUT2D eigenvalue weighted by Crippen LogP contribution is -2.50. The number of rotatable bonds is 6. The Labute approximate surface area is 174 Å². The second kappa shape index (κ2) is 9.06. The number of aryl methyl sites for hydroxylation is 1. The van der Waals surface area contributed by atoms with E-state index in [2.05, 4.69) is 9.88 Å². The van der Waals surface area contributed by atoms with Crippen molar-refractivity contribution in [1.82, 2.24) is 19.7 Å². The van der Waals surface area contributed by atoms with E-state index in [9.17, 15) is 18.0 Å². The minimum absolute atomic E-state index is 0.0229. The van der Waals surface area contributed by atoms with Gasteiger partial charge in [-0.3, -0.25) is 9.59 Å². The second-order valence-electron chi connectivity index (χ2n) is 6.75. The number of carbonyl (C=O) groups excluding carboxylic acids is 2. The molecule has 1 fully saturated rings. The van der Waals surface area contributed by atoms with Gasteiger partial charge in [0.1, 0.15) is 0 Å². The van der Waals surface area contributed by atoms with Crippen LogP contribution in [-0.2, 0) is 10.0 Å². The van der Waals surface area contributed by atoms with Crippen LogP contribution in [-0.4, -0.2) is 67.9 Å². The molecule has 1 aromatic heterocycles.